The number of benzene rings is 2. The van der Waals surface area contributed by atoms with Gasteiger partial charge in [0.05, 0.1) is 21.7 Å². The molecule has 0 saturated carbocycles. The molecule has 0 radical (unpaired) electrons. The maximum atomic E-state index is 13.0. The fourth-order valence-electron chi connectivity index (χ4n) is 3.87. The third-order valence-electron chi connectivity index (χ3n) is 5.71. The largest absolute Gasteiger partial charge is 0.332 e. The molecule has 8 heteroatoms. The molecule has 1 saturated heterocycles. The first-order chi connectivity index (χ1) is 15.1. The van der Waals surface area contributed by atoms with E-state index in [9.17, 15) is 18.0 Å². The number of sulfone groups is 1. The molecule has 0 bridgehead atoms. The Hall–Kier alpha value is -3.39. The maximum absolute atomic E-state index is 13.0. The van der Waals surface area contributed by atoms with Crippen LogP contribution in [0, 0.1) is 13.8 Å². The highest BCUT2D eigenvalue weighted by atomic mass is 32.2. The Balaban J connectivity index is 1.64. The van der Waals surface area contributed by atoms with Crippen LogP contribution in [-0.4, -0.2) is 48.5 Å². The maximum Gasteiger partial charge on any atom is 0.257 e. The molecule has 1 fully saturated rings. The van der Waals surface area contributed by atoms with Crippen molar-refractivity contribution >= 4 is 27.3 Å². The highest BCUT2D eigenvalue weighted by Crippen LogP contribution is 2.28. The van der Waals surface area contributed by atoms with Crippen molar-refractivity contribution in [3.8, 4) is 5.69 Å². The van der Waals surface area contributed by atoms with Crippen molar-refractivity contribution in [1.29, 1.82) is 0 Å². The Morgan fingerprint density at radius 2 is 1.62 bits per heavy atom. The predicted octanol–water partition coefficient (Wildman–Crippen LogP) is 3.59. The van der Waals surface area contributed by atoms with Crippen LogP contribution in [0.1, 0.15) is 39.0 Å². The number of amides is 2. The van der Waals surface area contributed by atoms with Gasteiger partial charge in [-0.15, -0.1) is 0 Å². The second kappa shape index (κ2) is 7.94. The predicted molar refractivity (Wildman–Crippen MR) is 123 cm³/mol. The van der Waals surface area contributed by atoms with E-state index in [0.29, 0.717) is 22.5 Å². The molecule has 3 aromatic rings. The minimum Gasteiger partial charge on any atom is -0.332 e. The number of carbonyl (C=O) groups excluding carboxylic acids is 2. The zero-order valence-corrected chi connectivity index (χ0v) is 19.2. The molecule has 2 heterocycles. The number of aromatic nitrogens is 1. The first-order valence-electron chi connectivity index (χ1n) is 10.3. The summed E-state index contributed by atoms with van der Waals surface area (Å²) in [6, 6.07) is 15.5. The van der Waals surface area contributed by atoms with Crippen LogP contribution in [0.3, 0.4) is 0 Å². The molecule has 1 aliphatic heterocycles. The Morgan fingerprint density at radius 1 is 1.00 bits per heavy atom. The van der Waals surface area contributed by atoms with Crippen LogP contribution in [0.25, 0.3) is 5.69 Å². The molecular weight excluding hydrogens is 426 g/mol. The molecule has 1 N–H and O–H groups in total. The Morgan fingerprint density at radius 3 is 2.22 bits per heavy atom. The van der Waals surface area contributed by atoms with Gasteiger partial charge in [0.15, 0.2) is 9.84 Å². The van der Waals surface area contributed by atoms with Gasteiger partial charge < -0.3 is 14.8 Å². The number of aryl methyl sites for hydroxylation is 1. The number of rotatable bonds is 5. The number of nitrogens with zero attached hydrogens (tertiary/aromatic N) is 2. The third kappa shape index (κ3) is 4.05. The molecule has 1 aromatic heterocycles. The van der Waals surface area contributed by atoms with Crippen LogP contribution in [0.4, 0.5) is 5.69 Å². The summed E-state index contributed by atoms with van der Waals surface area (Å²) in [4.78, 5) is 27.9. The number of carbonyl (C=O) groups is 2. The van der Waals surface area contributed by atoms with Crippen molar-refractivity contribution in [3.63, 3.8) is 0 Å². The van der Waals surface area contributed by atoms with E-state index >= 15 is 0 Å². The molecule has 0 spiro atoms. The lowest BCUT2D eigenvalue weighted by Crippen LogP contribution is -2.17. The van der Waals surface area contributed by atoms with Crippen molar-refractivity contribution in [2.24, 2.45) is 0 Å². The van der Waals surface area contributed by atoms with Gasteiger partial charge in [0.1, 0.15) is 0 Å². The minimum absolute atomic E-state index is 0.0161. The van der Waals surface area contributed by atoms with E-state index in [4.69, 9.17) is 0 Å². The minimum atomic E-state index is -3.30. The van der Waals surface area contributed by atoms with Crippen LogP contribution in [0.15, 0.2) is 59.5 Å². The number of hydrogen-bond donors (Lipinski definition) is 1. The first kappa shape index (κ1) is 21.8. The number of para-hydroxylation sites is 1. The standard InChI is InChI=1S/C24H25N3O4S/c1-15-13-21(23(28)25-18-9-11-19(12-10-18)32(4,30)31)17(3)27(15)22-8-6-5-7-20(22)24(29)26-14-16(26)2/h5-13,16H,14H2,1-4H3,(H,25,28). The Labute approximate surface area is 187 Å². The summed E-state index contributed by atoms with van der Waals surface area (Å²) in [5, 5.41) is 2.82. The number of hydrogen-bond acceptors (Lipinski definition) is 4. The van der Waals surface area contributed by atoms with Crippen molar-refractivity contribution < 1.29 is 18.0 Å². The van der Waals surface area contributed by atoms with E-state index in [2.05, 4.69) is 5.32 Å². The van der Waals surface area contributed by atoms with Crippen molar-refractivity contribution in [2.75, 3.05) is 18.1 Å². The molecule has 1 aliphatic rings. The lowest BCUT2D eigenvalue weighted by Gasteiger charge is -2.15. The Kier molecular flexibility index (Phi) is 5.42. The molecule has 7 nitrogen and oxygen atoms in total. The SMILES string of the molecule is Cc1cc(C(=O)Nc2ccc(S(C)(=O)=O)cc2)c(C)n1-c1ccccc1C(=O)N1CC1C. The Bertz CT molecular complexity index is 1320. The molecule has 2 aromatic carbocycles. The second-order valence-electron chi connectivity index (χ2n) is 8.19. The molecule has 32 heavy (non-hydrogen) atoms. The van der Waals surface area contributed by atoms with Gasteiger partial charge in [-0.3, -0.25) is 9.59 Å². The highest BCUT2D eigenvalue weighted by molar-refractivity contribution is 7.90. The van der Waals surface area contributed by atoms with Gasteiger partial charge in [-0.05, 0) is 63.2 Å². The summed E-state index contributed by atoms with van der Waals surface area (Å²) in [7, 11) is -3.30. The van der Waals surface area contributed by atoms with Gasteiger partial charge in [0, 0.05) is 35.9 Å². The van der Waals surface area contributed by atoms with Gasteiger partial charge in [-0.1, -0.05) is 12.1 Å². The van der Waals surface area contributed by atoms with Crippen LogP contribution >= 0.6 is 0 Å². The van der Waals surface area contributed by atoms with E-state index < -0.39 is 9.84 Å². The number of nitrogens with one attached hydrogen (secondary N) is 1. The van der Waals surface area contributed by atoms with Gasteiger partial charge >= 0.3 is 0 Å². The van der Waals surface area contributed by atoms with Crippen molar-refractivity contribution in [3.05, 3.63) is 77.1 Å². The van der Waals surface area contributed by atoms with Gasteiger partial charge in [0.25, 0.3) is 11.8 Å². The first-order valence-corrected chi connectivity index (χ1v) is 12.2. The average molecular weight is 452 g/mol. The normalized spacial score (nSPS) is 15.5. The average Bonchev–Trinajstić information content (AvgIpc) is 3.40. The summed E-state index contributed by atoms with van der Waals surface area (Å²) in [6.45, 7) is 6.50. The third-order valence-corrected chi connectivity index (χ3v) is 6.84. The summed E-state index contributed by atoms with van der Waals surface area (Å²) >= 11 is 0. The van der Waals surface area contributed by atoms with Crippen LogP contribution in [0.5, 0.6) is 0 Å². The fraction of sp³-hybridized carbons (Fsp3) is 0.250. The summed E-state index contributed by atoms with van der Waals surface area (Å²) in [5.74, 6) is -0.322. The topological polar surface area (TPSA) is 88.3 Å². The summed E-state index contributed by atoms with van der Waals surface area (Å²) < 4.78 is 25.2. The molecule has 1 unspecified atom stereocenters. The molecule has 166 valence electrons. The van der Waals surface area contributed by atoms with Gasteiger partial charge in [-0.2, -0.15) is 0 Å². The molecule has 0 aliphatic carbocycles. The lowest BCUT2D eigenvalue weighted by atomic mass is 10.1. The number of anilines is 1. The molecule has 1 atom stereocenters. The smallest absolute Gasteiger partial charge is 0.257 e. The van der Waals surface area contributed by atoms with E-state index in [1.807, 2.05) is 49.6 Å². The van der Waals surface area contributed by atoms with Crippen molar-refractivity contribution in [1.82, 2.24) is 9.47 Å². The molecule has 2 amide bonds. The zero-order valence-electron chi connectivity index (χ0n) is 18.4. The van der Waals surface area contributed by atoms with Gasteiger partial charge in [-0.25, -0.2) is 8.42 Å². The zero-order chi connectivity index (χ0) is 23.2. The fourth-order valence-corrected chi connectivity index (χ4v) is 4.50. The quantitative estimate of drug-likeness (QED) is 0.601. The van der Waals surface area contributed by atoms with E-state index in [1.165, 1.54) is 12.1 Å². The van der Waals surface area contributed by atoms with E-state index in [-0.39, 0.29) is 22.8 Å². The summed E-state index contributed by atoms with van der Waals surface area (Å²) in [6.07, 6.45) is 1.14. The van der Waals surface area contributed by atoms with Crippen LogP contribution < -0.4 is 5.32 Å². The summed E-state index contributed by atoms with van der Waals surface area (Å²) in [5.41, 5.74) is 3.87. The molecule has 4 rings (SSSR count). The molecular formula is C24H25N3O4S. The highest BCUT2D eigenvalue weighted by Gasteiger charge is 2.36. The monoisotopic (exact) mass is 451 g/mol. The second-order valence-corrected chi connectivity index (χ2v) is 10.2. The lowest BCUT2D eigenvalue weighted by molar-refractivity contribution is 0.0876. The van der Waals surface area contributed by atoms with Crippen molar-refractivity contribution in [2.45, 2.75) is 31.7 Å². The van der Waals surface area contributed by atoms with Crippen LogP contribution in [-0.2, 0) is 9.84 Å². The van der Waals surface area contributed by atoms with Gasteiger partial charge in [0.2, 0.25) is 0 Å². The van der Waals surface area contributed by atoms with E-state index in [0.717, 1.165) is 24.2 Å². The van der Waals surface area contributed by atoms with Crippen LogP contribution in [0.2, 0.25) is 0 Å². The van der Waals surface area contributed by atoms with E-state index in [1.54, 1.807) is 23.1 Å².